The van der Waals surface area contributed by atoms with Crippen molar-refractivity contribution < 1.29 is 9.53 Å². The highest BCUT2D eigenvalue weighted by molar-refractivity contribution is 5.67. The van der Waals surface area contributed by atoms with Gasteiger partial charge in [-0.15, -0.1) is 0 Å². The monoisotopic (exact) mass is 194 g/mol. The number of ether oxygens (including phenoxy) is 1. The van der Waals surface area contributed by atoms with Crippen LogP contribution in [0.3, 0.4) is 0 Å². The van der Waals surface area contributed by atoms with Crippen molar-refractivity contribution in [3.63, 3.8) is 0 Å². The lowest BCUT2D eigenvalue weighted by atomic mass is 9.83. The Bertz CT molecular complexity index is 253. The van der Waals surface area contributed by atoms with E-state index < -0.39 is 0 Å². The summed E-state index contributed by atoms with van der Waals surface area (Å²) in [5, 5.41) is 0. The van der Waals surface area contributed by atoms with Crippen molar-refractivity contribution in [2.75, 3.05) is 0 Å². The van der Waals surface area contributed by atoms with E-state index in [1.807, 2.05) is 0 Å². The summed E-state index contributed by atoms with van der Waals surface area (Å²) in [5.41, 5.74) is 0. The van der Waals surface area contributed by atoms with Crippen molar-refractivity contribution in [2.45, 2.75) is 33.1 Å². The van der Waals surface area contributed by atoms with Crippen molar-refractivity contribution in [1.29, 1.82) is 0 Å². The molecule has 1 aliphatic rings. The van der Waals surface area contributed by atoms with Crippen molar-refractivity contribution in [2.24, 2.45) is 11.8 Å². The number of carbonyl (C=O) groups is 1. The standard InChI is InChI=1S/C12H18O2/c1-9-6-4-5-7-12(9)8-10(2)14-11(3)13/h4,6,9,12H,2,5,7-8H2,1,3H3. The average molecular weight is 194 g/mol. The van der Waals surface area contributed by atoms with Crippen LogP contribution in [-0.2, 0) is 9.53 Å². The molecule has 0 amide bonds. The molecule has 2 heteroatoms. The predicted molar refractivity (Wildman–Crippen MR) is 56.6 cm³/mol. The molecule has 2 atom stereocenters. The fourth-order valence-corrected chi connectivity index (χ4v) is 1.87. The molecule has 14 heavy (non-hydrogen) atoms. The third-order valence-electron chi connectivity index (χ3n) is 2.67. The van der Waals surface area contributed by atoms with Gasteiger partial charge in [-0.3, -0.25) is 4.79 Å². The number of allylic oxidation sites excluding steroid dienone is 3. The fourth-order valence-electron chi connectivity index (χ4n) is 1.87. The first-order chi connectivity index (χ1) is 6.59. The molecule has 0 aromatic rings. The zero-order valence-electron chi connectivity index (χ0n) is 8.95. The maximum atomic E-state index is 10.7. The maximum absolute atomic E-state index is 10.7. The van der Waals surface area contributed by atoms with Gasteiger partial charge in [-0.2, -0.15) is 0 Å². The minimum Gasteiger partial charge on any atom is -0.432 e. The molecular weight excluding hydrogens is 176 g/mol. The Morgan fingerprint density at radius 1 is 1.64 bits per heavy atom. The Kier molecular flexibility index (Phi) is 3.93. The Morgan fingerprint density at radius 3 is 2.93 bits per heavy atom. The minimum atomic E-state index is -0.269. The molecular formula is C12H18O2. The van der Waals surface area contributed by atoms with E-state index in [9.17, 15) is 4.79 Å². The van der Waals surface area contributed by atoms with Crippen LogP contribution in [0.4, 0.5) is 0 Å². The van der Waals surface area contributed by atoms with Gasteiger partial charge < -0.3 is 4.74 Å². The second kappa shape index (κ2) is 4.99. The highest BCUT2D eigenvalue weighted by atomic mass is 16.5. The second-order valence-corrected chi connectivity index (χ2v) is 3.96. The van der Waals surface area contributed by atoms with Crippen molar-refractivity contribution in [3.05, 3.63) is 24.5 Å². The van der Waals surface area contributed by atoms with E-state index in [0.717, 1.165) is 19.3 Å². The Hall–Kier alpha value is -1.05. The molecule has 78 valence electrons. The second-order valence-electron chi connectivity index (χ2n) is 3.96. The topological polar surface area (TPSA) is 26.3 Å². The average Bonchev–Trinajstić information content (AvgIpc) is 2.07. The summed E-state index contributed by atoms with van der Waals surface area (Å²) < 4.78 is 4.94. The lowest BCUT2D eigenvalue weighted by Crippen LogP contribution is -2.14. The van der Waals surface area contributed by atoms with E-state index in [-0.39, 0.29) is 5.97 Å². The van der Waals surface area contributed by atoms with Gasteiger partial charge in [0.15, 0.2) is 0 Å². The van der Waals surface area contributed by atoms with Crippen molar-refractivity contribution >= 4 is 5.97 Å². The van der Waals surface area contributed by atoms with E-state index >= 15 is 0 Å². The zero-order chi connectivity index (χ0) is 10.6. The lowest BCUT2D eigenvalue weighted by molar-refractivity contribution is -0.137. The first-order valence-electron chi connectivity index (χ1n) is 5.12. The number of esters is 1. The molecule has 0 aromatic carbocycles. The summed E-state index contributed by atoms with van der Waals surface area (Å²) in [5.74, 6) is 1.47. The van der Waals surface area contributed by atoms with Gasteiger partial charge in [-0.1, -0.05) is 25.7 Å². The fraction of sp³-hybridized carbons (Fsp3) is 0.583. The normalized spacial score (nSPS) is 25.9. The Morgan fingerprint density at radius 2 is 2.36 bits per heavy atom. The molecule has 0 heterocycles. The summed E-state index contributed by atoms with van der Waals surface area (Å²) in [6.45, 7) is 7.36. The largest absolute Gasteiger partial charge is 0.432 e. The SMILES string of the molecule is C=C(CC1CCC=CC1C)OC(C)=O. The molecule has 2 unspecified atom stereocenters. The van der Waals surface area contributed by atoms with Gasteiger partial charge in [0.05, 0.1) is 0 Å². The third-order valence-corrected chi connectivity index (χ3v) is 2.67. The van der Waals surface area contributed by atoms with Crippen LogP contribution < -0.4 is 0 Å². The maximum Gasteiger partial charge on any atom is 0.307 e. The highest BCUT2D eigenvalue weighted by Gasteiger charge is 2.19. The minimum absolute atomic E-state index is 0.269. The summed E-state index contributed by atoms with van der Waals surface area (Å²) >= 11 is 0. The van der Waals surface area contributed by atoms with Gasteiger partial charge in [0.2, 0.25) is 0 Å². The van der Waals surface area contributed by atoms with Crippen LogP contribution in [0.25, 0.3) is 0 Å². The van der Waals surface area contributed by atoms with Crippen LogP contribution in [0.2, 0.25) is 0 Å². The third kappa shape index (κ3) is 3.36. The highest BCUT2D eigenvalue weighted by Crippen LogP contribution is 2.29. The Labute approximate surface area is 85.6 Å². The predicted octanol–water partition coefficient (Wildman–Crippen LogP) is 3.06. The van der Waals surface area contributed by atoms with Crippen LogP contribution in [0, 0.1) is 11.8 Å². The van der Waals surface area contributed by atoms with E-state index in [2.05, 4.69) is 25.7 Å². The van der Waals surface area contributed by atoms with E-state index in [0.29, 0.717) is 17.6 Å². The summed E-state index contributed by atoms with van der Waals surface area (Å²) in [4.78, 5) is 10.7. The lowest BCUT2D eigenvalue weighted by Gasteiger charge is -2.24. The molecule has 0 aliphatic heterocycles. The molecule has 0 fully saturated rings. The summed E-state index contributed by atoms with van der Waals surface area (Å²) in [7, 11) is 0. The van der Waals surface area contributed by atoms with E-state index in [1.54, 1.807) is 0 Å². The first-order valence-corrected chi connectivity index (χ1v) is 5.12. The Balaban J connectivity index is 2.39. The molecule has 0 saturated carbocycles. The molecule has 0 spiro atoms. The molecule has 1 rings (SSSR count). The molecule has 0 aromatic heterocycles. The van der Waals surface area contributed by atoms with Gasteiger partial charge in [0.25, 0.3) is 0 Å². The van der Waals surface area contributed by atoms with Crippen LogP contribution in [0.15, 0.2) is 24.5 Å². The van der Waals surface area contributed by atoms with Gasteiger partial charge in [-0.25, -0.2) is 0 Å². The molecule has 0 N–H and O–H groups in total. The molecule has 0 bridgehead atoms. The van der Waals surface area contributed by atoms with Crippen molar-refractivity contribution in [3.8, 4) is 0 Å². The van der Waals surface area contributed by atoms with E-state index in [4.69, 9.17) is 4.74 Å². The van der Waals surface area contributed by atoms with Crippen LogP contribution in [0.1, 0.15) is 33.1 Å². The number of hydrogen-bond donors (Lipinski definition) is 0. The van der Waals surface area contributed by atoms with Crippen LogP contribution in [0.5, 0.6) is 0 Å². The number of hydrogen-bond acceptors (Lipinski definition) is 2. The van der Waals surface area contributed by atoms with Gasteiger partial charge >= 0.3 is 5.97 Å². The summed E-state index contributed by atoms with van der Waals surface area (Å²) in [6, 6.07) is 0. The van der Waals surface area contributed by atoms with Gasteiger partial charge in [-0.05, 0) is 24.7 Å². The molecule has 0 saturated heterocycles. The van der Waals surface area contributed by atoms with E-state index in [1.165, 1.54) is 6.92 Å². The van der Waals surface area contributed by atoms with Crippen molar-refractivity contribution in [1.82, 2.24) is 0 Å². The number of carbonyl (C=O) groups excluding carboxylic acids is 1. The zero-order valence-corrected chi connectivity index (χ0v) is 8.95. The molecule has 1 aliphatic carbocycles. The van der Waals surface area contributed by atoms with Crippen LogP contribution >= 0.6 is 0 Å². The number of rotatable bonds is 3. The van der Waals surface area contributed by atoms with Gasteiger partial charge in [0, 0.05) is 13.3 Å². The molecule has 0 radical (unpaired) electrons. The first kappa shape index (κ1) is 11.0. The summed E-state index contributed by atoms with van der Waals surface area (Å²) in [6.07, 6.45) is 7.54. The molecule has 2 nitrogen and oxygen atoms in total. The quantitative estimate of drug-likeness (QED) is 0.392. The smallest absolute Gasteiger partial charge is 0.307 e. The van der Waals surface area contributed by atoms with Gasteiger partial charge in [0.1, 0.15) is 5.76 Å². The van der Waals surface area contributed by atoms with Crippen LogP contribution in [-0.4, -0.2) is 5.97 Å².